The highest BCUT2D eigenvalue weighted by atomic mass is 35.5. The van der Waals surface area contributed by atoms with E-state index in [4.69, 9.17) is 28.2 Å². The molecule has 0 N–H and O–H groups in total. The van der Waals surface area contributed by atoms with Crippen LogP contribution in [0.4, 0.5) is 5.13 Å². The van der Waals surface area contributed by atoms with Crippen LogP contribution in [0.2, 0.25) is 10.0 Å². The van der Waals surface area contributed by atoms with E-state index < -0.39 is 0 Å². The predicted molar refractivity (Wildman–Crippen MR) is 118 cm³/mol. The number of anilines is 1. The van der Waals surface area contributed by atoms with Crippen LogP contribution in [0.3, 0.4) is 0 Å². The average Bonchev–Trinajstić information content (AvgIpc) is 3.16. The van der Waals surface area contributed by atoms with Gasteiger partial charge in [0.05, 0.1) is 21.8 Å². The maximum atomic E-state index is 13.3. The van der Waals surface area contributed by atoms with Gasteiger partial charge in [-0.3, -0.25) is 9.69 Å². The third-order valence-electron chi connectivity index (χ3n) is 4.44. The Hall–Kier alpha value is -2.40. The molecule has 4 aromatic rings. The van der Waals surface area contributed by atoms with Gasteiger partial charge in [0, 0.05) is 10.6 Å². The zero-order valence-corrected chi connectivity index (χ0v) is 17.4. The predicted octanol–water partition coefficient (Wildman–Crippen LogP) is 6.76. The SMILES string of the molecule is Cc1ccc(Cl)c2sc(N(Cc3ccccc3)C(=O)c3ccc(Cl)cc3)nc12. The summed E-state index contributed by atoms with van der Waals surface area (Å²) in [4.78, 5) is 19.8. The fourth-order valence-electron chi connectivity index (χ4n) is 2.95. The van der Waals surface area contributed by atoms with Gasteiger partial charge in [0.15, 0.2) is 5.13 Å². The van der Waals surface area contributed by atoms with Crippen molar-refractivity contribution >= 4 is 55.8 Å². The number of hydrogen-bond acceptors (Lipinski definition) is 3. The van der Waals surface area contributed by atoms with E-state index in [9.17, 15) is 4.79 Å². The summed E-state index contributed by atoms with van der Waals surface area (Å²) >= 11 is 13.8. The summed E-state index contributed by atoms with van der Waals surface area (Å²) in [5.41, 5.74) is 3.43. The van der Waals surface area contributed by atoms with Gasteiger partial charge in [0.25, 0.3) is 5.91 Å². The van der Waals surface area contributed by atoms with Gasteiger partial charge in [-0.05, 0) is 48.4 Å². The monoisotopic (exact) mass is 426 g/mol. The fraction of sp³-hybridized carbons (Fsp3) is 0.0909. The first kappa shape index (κ1) is 18.9. The lowest BCUT2D eigenvalue weighted by molar-refractivity contribution is 0.0985. The molecule has 0 radical (unpaired) electrons. The maximum absolute atomic E-state index is 13.3. The molecule has 6 heteroatoms. The van der Waals surface area contributed by atoms with Crippen molar-refractivity contribution in [2.75, 3.05) is 4.90 Å². The Morgan fingerprint density at radius 1 is 1.00 bits per heavy atom. The largest absolute Gasteiger partial charge is 0.279 e. The third kappa shape index (κ3) is 3.76. The molecule has 1 aromatic heterocycles. The molecule has 0 saturated heterocycles. The summed E-state index contributed by atoms with van der Waals surface area (Å²) in [7, 11) is 0. The van der Waals surface area contributed by atoms with E-state index in [2.05, 4.69) is 0 Å². The van der Waals surface area contributed by atoms with Crippen LogP contribution in [0.1, 0.15) is 21.5 Å². The molecule has 0 unspecified atom stereocenters. The number of carbonyl (C=O) groups excluding carboxylic acids is 1. The van der Waals surface area contributed by atoms with Gasteiger partial charge in [-0.1, -0.05) is 70.9 Å². The molecule has 0 aliphatic rings. The second-order valence-electron chi connectivity index (χ2n) is 6.42. The molecule has 1 amide bonds. The van der Waals surface area contributed by atoms with Crippen LogP contribution >= 0.6 is 34.5 Å². The fourth-order valence-corrected chi connectivity index (χ4v) is 4.39. The first-order valence-corrected chi connectivity index (χ1v) is 10.3. The van der Waals surface area contributed by atoms with Crippen LogP contribution in [0.25, 0.3) is 10.2 Å². The van der Waals surface area contributed by atoms with E-state index in [0.717, 1.165) is 21.3 Å². The lowest BCUT2D eigenvalue weighted by Crippen LogP contribution is -2.30. The van der Waals surface area contributed by atoms with E-state index in [-0.39, 0.29) is 5.91 Å². The minimum absolute atomic E-state index is 0.131. The average molecular weight is 427 g/mol. The van der Waals surface area contributed by atoms with E-state index in [0.29, 0.717) is 27.3 Å². The van der Waals surface area contributed by atoms with Crippen LogP contribution in [0.15, 0.2) is 66.7 Å². The van der Waals surface area contributed by atoms with Gasteiger partial charge >= 0.3 is 0 Å². The summed E-state index contributed by atoms with van der Waals surface area (Å²) in [6.45, 7) is 2.41. The number of amides is 1. The molecule has 0 atom stereocenters. The first-order chi connectivity index (χ1) is 13.5. The molecular weight excluding hydrogens is 411 g/mol. The molecule has 0 bridgehead atoms. The number of fused-ring (bicyclic) bond motifs is 1. The van der Waals surface area contributed by atoms with Crippen molar-refractivity contribution in [3.8, 4) is 0 Å². The third-order valence-corrected chi connectivity index (χ3v) is 6.23. The van der Waals surface area contributed by atoms with Gasteiger partial charge < -0.3 is 0 Å². The van der Waals surface area contributed by atoms with Crippen LogP contribution in [0.5, 0.6) is 0 Å². The van der Waals surface area contributed by atoms with Crippen LogP contribution in [-0.2, 0) is 6.54 Å². The highest BCUT2D eigenvalue weighted by Crippen LogP contribution is 2.36. The van der Waals surface area contributed by atoms with Crippen LogP contribution in [-0.4, -0.2) is 10.9 Å². The standard InChI is InChI=1S/C22H16Cl2N2OS/c1-14-7-12-18(24)20-19(14)25-22(28-20)26(13-15-5-3-2-4-6-15)21(27)16-8-10-17(23)11-9-16/h2-12H,13H2,1H3. The quantitative estimate of drug-likeness (QED) is 0.361. The molecule has 140 valence electrons. The second-order valence-corrected chi connectivity index (χ2v) is 8.24. The van der Waals surface area contributed by atoms with E-state index in [1.54, 1.807) is 29.2 Å². The van der Waals surface area contributed by atoms with E-state index in [1.807, 2.05) is 49.4 Å². The Morgan fingerprint density at radius 2 is 1.71 bits per heavy atom. The highest BCUT2D eigenvalue weighted by Gasteiger charge is 2.23. The summed E-state index contributed by atoms with van der Waals surface area (Å²) < 4.78 is 0.888. The Kier molecular flexibility index (Phi) is 5.36. The zero-order chi connectivity index (χ0) is 19.7. The number of nitrogens with zero attached hydrogens (tertiary/aromatic N) is 2. The topological polar surface area (TPSA) is 33.2 Å². The molecule has 28 heavy (non-hydrogen) atoms. The molecule has 0 aliphatic heterocycles. The summed E-state index contributed by atoms with van der Waals surface area (Å²) in [6.07, 6.45) is 0. The second kappa shape index (κ2) is 7.92. The smallest absolute Gasteiger partial charge is 0.260 e. The number of aromatic nitrogens is 1. The Balaban J connectivity index is 1.80. The van der Waals surface area contributed by atoms with Crippen LogP contribution in [0, 0.1) is 6.92 Å². The van der Waals surface area contributed by atoms with Crippen molar-refractivity contribution in [3.63, 3.8) is 0 Å². The highest BCUT2D eigenvalue weighted by molar-refractivity contribution is 7.23. The lowest BCUT2D eigenvalue weighted by atomic mass is 10.1. The molecule has 0 saturated carbocycles. The molecular formula is C22H16Cl2N2OS. The van der Waals surface area contributed by atoms with Crippen LogP contribution < -0.4 is 4.90 Å². The molecule has 0 fully saturated rings. The number of rotatable bonds is 4. The Bertz CT molecular complexity index is 1100. The van der Waals surface area contributed by atoms with E-state index >= 15 is 0 Å². The summed E-state index contributed by atoms with van der Waals surface area (Å²) in [6, 6.07) is 20.6. The van der Waals surface area contributed by atoms with Crippen molar-refractivity contribution in [3.05, 3.63) is 93.5 Å². The van der Waals surface area contributed by atoms with Crippen molar-refractivity contribution < 1.29 is 4.79 Å². The normalized spacial score (nSPS) is 11.0. The number of aryl methyl sites for hydroxylation is 1. The number of thiazole rings is 1. The van der Waals surface area contributed by atoms with Crippen molar-refractivity contribution in [1.29, 1.82) is 0 Å². The minimum atomic E-state index is -0.131. The molecule has 0 spiro atoms. The maximum Gasteiger partial charge on any atom is 0.260 e. The minimum Gasteiger partial charge on any atom is -0.279 e. The summed E-state index contributed by atoms with van der Waals surface area (Å²) in [5, 5.41) is 1.85. The van der Waals surface area contributed by atoms with Gasteiger partial charge in [0.2, 0.25) is 0 Å². The van der Waals surface area contributed by atoms with Gasteiger partial charge in [0.1, 0.15) is 0 Å². The number of benzene rings is 3. The van der Waals surface area contributed by atoms with Crippen molar-refractivity contribution in [2.24, 2.45) is 0 Å². The molecule has 3 nitrogen and oxygen atoms in total. The van der Waals surface area contributed by atoms with E-state index in [1.165, 1.54) is 11.3 Å². The Labute approximate surface area is 177 Å². The number of halogens is 2. The van der Waals surface area contributed by atoms with Gasteiger partial charge in [-0.2, -0.15) is 0 Å². The van der Waals surface area contributed by atoms with Crippen molar-refractivity contribution in [1.82, 2.24) is 4.98 Å². The Morgan fingerprint density at radius 3 is 2.39 bits per heavy atom. The number of carbonyl (C=O) groups is 1. The number of hydrogen-bond donors (Lipinski definition) is 0. The van der Waals surface area contributed by atoms with Gasteiger partial charge in [-0.25, -0.2) is 4.98 Å². The van der Waals surface area contributed by atoms with Gasteiger partial charge in [-0.15, -0.1) is 0 Å². The zero-order valence-electron chi connectivity index (χ0n) is 15.0. The molecule has 1 heterocycles. The molecule has 0 aliphatic carbocycles. The lowest BCUT2D eigenvalue weighted by Gasteiger charge is -2.20. The first-order valence-electron chi connectivity index (χ1n) is 8.70. The van der Waals surface area contributed by atoms with Crippen molar-refractivity contribution in [2.45, 2.75) is 13.5 Å². The molecule has 4 rings (SSSR count). The summed E-state index contributed by atoms with van der Waals surface area (Å²) in [5.74, 6) is -0.131. The molecule has 3 aromatic carbocycles.